The van der Waals surface area contributed by atoms with Crippen molar-refractivity contribution in [3.8, 4) is 5.75 Å². The second-order valence-electron chi connectivity index (χ2n) is 4.08. The van der Waals surface area contributed by atoms with Crippen LogP contribution in [0.5, 0.6) is 5.75 Å². The first-order valence-electron chi connectivity index (χ1n) is 5.29. The SMILES string of the molecule is Cc1cc([C@@H]2COCCN2)cc(C)c1O.Cl. The Morgan fingerprint density at radius 3 is 2.44 bits per heavy atom. The Kier molecular flexibility index (Phi) is 4.59. The van der Waals surface area contributed by atoms with Crippen LogP contribution in [0.15, 0.2) is 12.1 Å². The van der Waals surface area contributed by atoms with Crippen molar-refractivity contribution in [2.45, 2.75) is 19.9 Å². The van der Waals surface area contributed by atoms with Crippen LogP contribution in [-0.2, 0) is 4.74 Å². The van der Waals surface area contributed by atoms with Gasteiger partial charge in [-0.2, -0.15) is 0 Å². The van der Waals surface area contributed by atoms with E-state index in [2.05, 4.69) is 5.32 Å². The molecule has 1 heterocycles. The van der Waals surface area contributed by atoms with E-state index in [1.807, 2.05) is 26.0 Å². The topological polar surface area (TPSA) is 41.5 Å². The van der Waals surface area contributed by atoms with Crippen molar-refractivity contribution in [3.63, 3.8) is 0 Å². The maximum atomic E-state index is 9.68. The summed E-state index contributed by atoms with van der Waals surface area (Å²) in [4.78, 5) is 0. The molecular weight excluding hydrogens is 226 g/mol. The number of hydrogen-bond donors (Lipinski definition) is 2. The highest BCUT2D eigenvalue weighted by molar-refractivity contribution is 5.85. The lowest BCUT2D eigenvalue weighted by molar-refractivity contribution is 0.0768. The van der Waals surface area contributed by atoms with Gasteiger partial charge < -0.3 is 15.2 Å². The minimum atomic E-state index is 0. The maximum Gasteiger partial charge on any atom is 0.121 e. The van der Waals surface area contributed by atoms with E-state index in [9.17, 15) is 5.11 Å². The molecule has 0 saturated carbocycles. The number of aromatic hydroxyl groups is 1. The molecule has 3 nitrogen and oxygen atoms in total. The van der Waals surface area contributed by atoms with Crippen molar-refractivity contribution < 1.29 is 9.84 Å². The van der Waals surface area contributed by atoms with Crippen molar-refractivity contribution in [1.82, 2.24) is 5.32 Å². The van der Waals surface area contributed by atoms with E-state index in [1.54, 1.807) is 0 Å². The highest BCUT2D eigenvalue weighted by Gasteiger charge is 2.16. The van der Waals surface area contributed by atoms with Crippen LogP contribution in [0.2, 0.25) is 0 Å². The van der Waals surface area contributed by atoms with Crippen molar-refractivity contribution in [2.24, 2.45) is 0 Å². The molecule has 1 fully saturated rings. The molecule has 0 aromatic heterocycles. The lowest BCUT2D eigenvalue weighted by atomic mass is 10.00. The van der Waals surface area contributed by atoms with Gasteiger partial charge in [0.1, 0.15) is 5.75 Å². The quantitative estimate of drug-likeness (QED) is 0.794. The van der Waals surface area contributed by atoms with Crippen molar-refractivity contribution in [2.75, 3.05) is 19.8 Å². The third-order valence-electron chi connectivity index (χ3n) is 2.84. The van der Waals surface area contributed by atoms with Gasteiger partial charge in [0.15, 0.2) is 0 Å². The van der Waals surface area contributed by atoms with Crippen LogP contribution < -0.4 is 5.32 Å². The number of aryl methyl sites for hydroxylation is 2. The molecule has 0 unspecified atom stereocenters. The number of ether oxygens (including phenoxy) is 1. The lowest BCUT2D eigenvalue weighted by Crippen LogP contribution is -2.34. The van der Waals surface area contributed by atoms with E-state index in [1.165, 1.54) is 5.56 Å². The van der Waals surface area contributed by atoms with E-state index in [0.717, 1.165) is 24.3 Å². The van der Waals surface area contributed by atoms with Gasteiger partial charge in [-0.25, -0.2) is 0 Å². The van der Waals surface area contributed by atoms with Crippen LogP contribution >= 0.6 is 12.4 Å². The Morgan fingerprint density at radius 2 is 1.94 bits per heavy atom. The molecule has 0 radical (unpaired) electrons. The van der Waals surface area contributed by atoms with Gasteiger partial charge in [-0.15, -0.1) is 12.4 Å². The van der Waals surface area contributed by atoms with Gasteiger partial charge in [0, 0.05) is 6.54 Å². The third kappa shape index (κ3) is 2.67. The summed E-state index contributed by atoms with van der Waals surface area (Å²) in [7, 11) is 0. The molecule has 1 aromatic carbocycles. The minimum absolute atomic E-state index is 0. The summed E-state index contributed by atoms with van der Waals surface area (Å²) in [5.41, 5.74) is 3.05. The molecule has 0 spiro atoms. The van der Waals surface area contributed by atoms with Gasteiger partial charge in [-0.05, 0) is 30.5 Å². The van der Waals surface area contributed by atoms with Gasteiger partial charge in [0.05, 0.1) is 19.3 Å². The molecule has 1 aliphatic heterocycles. The normalized spacial score (nSPS) is 20.2. The van der Waals surface area contributed by atoms with E-state index in [0.29, 0.717) is 12.4 Å². The number of phenols is 1. The molecule has 1 saturated heterocycles. The third-order valence-corrected chi connectivity index (χ3v) is 2.84. The minimum Gasteiger partial charge on any atom is -0.507 e. The standard InChI is InChI=1S/C12H17NO2.ClH/c1-8-5-10(6-9(2)12(8)14)11-7-15-4-3-13-11;/h5-6,11,13-14H,3-4,7H2,1-2H3;1H/t11-;/m0./s1. The molecule has 1 aliphatic rings. The summed E-state index contributed by atoms with van der Waals surface area (Å²) in [6.07, 6.45) is 0. The fourth-order valence-corrected chi connectivity index (χ4v) is 1.97. The summed E-state index contributed by atoms with van der Waals surface area (Å²) in [6.45, 7) is 6.24. The number of hydrogen-bond acceptors (Lipinski definition) is 3. The molecule has 16 heavy (non-hydrogen) atoms. The van der Waals surface area contributed by atoms with Crippen molar-refractivity contribution in [3.05, 3.63) is 28.8 Å². The highest BCUT2D eigenvalue weighted by atomic mass is 35.5. The fraction of sp³-hybridized carbons (Fsp3) is 0.500. The van der Waals surface area contributed by atoms with Crippen LogP contribution in [-0.4, -0.2) is 24.9 Å². The Morgan fingerprint density at radius 1 is 1.31 bits per heavy atom. The van der Waals surface area contributed by atoms with Crippen LogP contribution in [0.4, 0.5) is 0 Å². The Bertz CT molecular complexity index is 339. The zero-order valence-electron chi connectivity index (χ0n) is 9.62. The number of benzene rings is 1. The number of nitrogens with one attached hydrogen (secondary N) is 1. The smallest absolute Gasteiger partial charge is 0.121 e. The van der Waals surface area contributed by atoms with Crippen molar-refractivity contribution in [1.29, 1.82) is 0 Å². The molecule has 4 heteroatoms. The van der Waals surface area contributed by atoms with E-state index in [4.69, 9.17) is 4.74 Å². The number of phenolic OH excluding ortho intramolecular Hbond substituents is 1. The summed E-state index contributed by atoms with van der Waals surface area (Å²) in [5, 5.41) is 13.1. The second-order valence-corrected chi connectivity index (χ2v) is 4.08. The van der Waals surface area contributed by atoms with Gasteiger partial charge in [0.25, 0.3) is 0 Å². The molecule has 90 valence electrons. The molecule has 1 atom stereocenters. The largest absolute Gasteiger partial charge is 0.507 e. The predicted molar refractivity (Wildman–Crippen MR) is 66.4 cm³/mol. The number of morpholine rings is 1. The molecule has 0 bridgehead atoms. The summed E-state index contributed by atoms with van der Waals surface area (Å²) in [6, 6.07) is 4.31. The van der Waals surface area contributed by atoms with Crippen LogP contribution in [0.3, 0.4) is 0 Å². The number of rotatable bonds is 1. The maximum absolute atomic E-state index is 9.68. The van der Waals surface area contributed by atoms with Crippen LogP contribution in [0.1, 0.15) is 22.7 Å². The predicted octanol–water partition coefficient (Wildman–Crippen LogP) is 2.09. The van der Waals surface area contributed by atoms with Crippen LogP contribution in [0, 0.1) is 13.8 Å². The van der Waals surface area contributed by atoms with E-state index >= 15 is 0 Å². The molecule has 2 N–H and O–H groups in total. The molecule has 2 rings (SSSR count). The van der Waals surface area contributed by atoms with Gasteiger partial charge in [-0.1, -0.05) is 12.1 Å². The first kappa shape index (κ1) is 13.3. The van der Waals surface area contributed by atoms with Crippen molar-refractivity contribution >= 4 is 12.4 Å². The average molecular weight is 244 g/mol. The Labute approximate surface area is 102 Å². The highest BCUT2D eigenvalue weighted by Crippen LogP contribution is 2.26. The summed E-state index contributed by atoms with van der Waals surface area (Å²) >= 11 is 0. The second kappa shape index (κ2) is 5.53. The first-order valence-corrected chi connectivity index (χ1v) is 5.29. The average Bonchev–Trinajstić information content (AvgIpc) is 2.26. The molecule has 1 aromatic rings. The van der Waals surface area contributed by atoms with E-state index in [-0.39, 0.29) is 18.4 Å². The first-order chi connectivity index (χ1) is 7.18. The lowest BCUT2D eigenvalue weighted by Gasteiger charge is -2.25. The molecular formula is C12H18ClNO2. The summed E-state index contributed by atoms with van der Waals surface area (Å²) in [5.74, 6) is 0.399. The van der Waals surface area contributed by atoms with Gasteiger partial charge >= 0.3 is 0 Å². The zero-order chi connectivity index (χ0) is 10.8. The number of halogens is 1. The molecule has 0 aliphatic carbocycles. The van der Waals surface area contributed by atoms with Gasteiger partial charge in [0.2, 0.25) is 0 Å². The van der Waals surface area contributed by atoms with Gasteiger partial charge in [-0.3, -0.25) is 0 Å². The zero-order valence-corrected chi connectivity index (χ0v) is 10.4. The Balaban J connectivity index is 0.00000128. The van der Waals surface area contributed by atoms with Crippen LogP contribution in [0.25, 0.3) is 0 Å². The monoisotopic (exact) mass is 243 g/mol. The fourth-order valence-electron chi connectivity index (χ4n) is 1.97. The summed E-state index contributed by atoms with van der Waals surface area (Å²) < 4.78 is 5.42. The Hall–Kier alpha value is -0.770. The van der Waals surface area contributed by atoms with E-state index < -0.39 is 0 Å². The molecule has 0 amide bonds.